The van der Waals surface area contributed by atoms with Crippen molar-refractivity contribution in [1.29, 1.82) is 0 Å². The van der Waals surface area contributed by atoms with E-state index in [0.717, 1.165) is 35.5 Å². The zero-order valence-electron chi connectivity index (χ0n) is 19.1. The molecule has 0 amide bonds. The van der Waals surface area contributed by atoms with Crippen molar-refractivity contribution in [3.05, 3.63) is 77.6 Å². The Kier molecular flexibility index (Phi) is 7.02. The summed E-state index contributed by atoms with van der Waals surface area (Å²) >= 11 is 1.34. The van der Waals surface area contributed by atoms with Gasteiger partial charge in [0.15, 0.2) is 28.9 Å². The number of hydrogen-bond donors (Lipinski definition) is 2. The lowest BCUT2D eigenvalue weighted by atomic mass is 10.2. The van der Waals surface area contributed by atoms with Gasteiger partial charge in [0.1, 0.15) is 5.82 Å². The molecular weight excluding hydrogens is 473 g/mol. The summed E-state index contributed by atoms with van der Waals surface area (Å²) in [7, 11) is 0. The fourth-order valence-corrected chi connectivity index (χ4v) is 4.10. The van der Waals surface area contributed by atoms with Crippen LogP contribution < -0.4 is 11.1 Å². The van der Waals surface area contributed by atoms with Crippen molar-refractivity contribution >= 4 is 44.6 Å². The fraction of sp³-hybridized carbons (Fsp3) is 0.160. The topological polar surface area (TPSA) is 81.7 Å². The van der Waals surface area contributed by atoms with Crippen LogP contribution >= 0.6 is 11.3 Å². The third-order valence-electron chi connectivity index (χ3n) is 5.05. The van der Waals surface area contributed by atoms with Crippen LogP contribution in [0.25, 0.3) is 33.8 Å². The van der Waals surface area contributed by atoms with Crippen molar-refractivity contribution in [2.45, 2.75) is 26.7 Å². The number of aromatic nitrogens is 4. The molecule has 0 aliphatic rings. The predicted octanol–water partition coefficient (Wildman–Crippen LogP) is 6.85. The van der Waals surface area contributed by atoms with Gasteiger partial charge in [0.2, 0.25) is 0 Å². The van der Waals surface area contributed by atoms with E-state index in [-0.39, 0.29) is 11.4 Å². The highest BCUT2D eigenvalue weighted by Gasteiger charge is 2.19. The molecule has 0 radical (unpaired) electrons. The minimum atomic E-state index is -1.56. The Morgan fingerprint density at radius 2 is 1.89 bits per heavy atom. The third-order valence-corrected chi connectivity index (χ3v) is 6.02. The molecule has 0 atom stereocenters. The second-order valence-corrected chi connectivity index (χ2v) is 8.71. The van der Waals surface area contributed by atoms with E-state index in [1.165, 1.54) is 11.3 Å². The first kappa shape index (κ1) is 24.2. The predicted molar refractivity (Wildman–Crippen MR) is 136 cm³/mol. The Balaban J connectivity index is 1.92. The minimum absolute atomic E-state index is 0.00615. The van der Waals surface area contributed by atoms with Gasteiger partial charge in [0.25, 0.3) is 0 Å². The average Bonchev–Trinajstić information content (AvgIpc) is 3.46. The zero-order valence-corrected chi connectivity index (χ0v) is 20.0. The monoisotopic (exact) mass is 496 g/mol. The van der Waals surface area contributed by atoms with E-state index in [0.29, 0.717) is 27.5 Å². The van der Waals surface area contributed by atoms with Crippen LogP contribution in [-0.4, -0.2) is 19.7 Å². The number of halogens is 3. The van der Waals surface area contributed by atoms with Crippen LogP contribution in [0.2, 0.25) is 0 Å². The van der Waals surface area contributed by atoms with Crippen molar-refractivity contribution < 1.29 is 13.2 Å². The lowest BCUT2D eigenvalue weighted by molar-refractivity contribution is 0.447. The van der Waals surface area contributed by atoms with Crippen LogP contribution in [-0.2, 0) is 0 Å². The number of benzene rings is 1. The number of nitrogens with two attached hydrogens (primary N) is 1. The molecule has 0 bridgehead atoms. The maximum Gasteiger partial charge on any atom is 0.194 e. The van der Waals surface area contributed by atoms with Crippen molar-refractivity contribution in [2.24, 2.45) is 0 Å². The molecule has 3 N–H and O–H groups in total. The number of nitrogens with zero attached hydrogens (tertiary/aromatic N) is 4. The quantitative estimate of drug-likeness (QED) is 0.206. The van der Waals surface area contributed by atoms with Gasteiger partial charge >= 0.3 is 0 Å². The molecule has 0 saturated heterocycles. The number of hydrogen-bond acceptors (Lipinski definition) is 6. The molecule has 1 aromatic carbocycles. The number of nitrogen functional groups attached to an aromatic ring is 1. The number of thiophene rings is 1. The van der Waals surface area contributed by atoms with Gasteiger partial charge in [0.05, 0.1) is 27.2 Å². The second-order valence-electron chi connectivity index (χ2n) is 7.60. The summed E-state index contributed by atoms with van der Waals surface area (Å²) in [5.41, 5.74) is 7.53. The first-order chi connectivity index (χ1) is 16.8. The van der Waals surface area contributed by atoms with Crippen molar-refractivity contribution in [3.63, 3.8) is 0 Å². The van der Waals surface area contributed by atoms with E-state index >= 15 is 0 Å². The van der Waals surface area contributed by atoms with Crippen LogP contribution in [0.15, 0.2) is 55.3 Å². The Bertz CT molecular complexity index is 1440. The van der Waals surface area contributed by atoms with Gasteiger partial charge in [-0.15, -0.1) is 11.3 Å². The Morgan fingerprint density at radius 3 is 2.51 bits per heavy atom. The van der Waals surface area contributed by atoms with Crippen LogP contribution in [0.1, 0.15) is 31.6 Å². The smallest absolute Gasteiger partial charge is 0.194 e. The van der Waals surface area contributed by atoms with Gasteiger partial charge in [-0.2, -0.15) is 5.10 Å². The first-order valence-electron chi connectivity index (χ1n) is 10.9. The van der Waals surface area contributed by atoms with Crippen LogP contribution in [0.3, 0.4) is 0 Å². The van der Waals surface area contributed by atoms with Gasteiger partial charge in [-0.3, -0.25) is 0 Å². The molecule has 0 aliphatic carbocycles. The van der Waals surface area contributed by atoms with E-state index in [4.69, 9.17) is 5.73 Å². The summed E-state index contributed by atoms with van der Waals surface area (Å²) in [6, 6.07) is 5.30. The number of anilines is 2. The van der Waals surface area contributed by atoms with Crippen molar-refractivity contribution in [1.82, 2.24) is 19.7 Å². The Morgan fingerprint density at radius 1 is 1.14 bits per heavy atom. The Labute approximate surface area is 204 Å². The van der Waals surface area contributed by atoms with E-state index in [1.807, 2.05) is 38.1 Å². The van der Waals surface area contributed by atoms with Crippen molar-refractivity contribution in [3.8, 4) is 11.4 Å². The summed E-state index contributed by atoms with van der Waals surface area (Å²) in [5, 5.41) is 8.83. The lowest BCUT2D eigenvalue weighted by Crippen LogP contribution is -2.05. The van der Waals surface area contributed by atoms with Gasteiger partial charge in [0, 0.05) is 11.3 Å². The molecule has 3 aromatic heterocycles. The standard InChI is InChI=1S/C25H23F3N6S/c1-4-6-8-16(7-5-2)34-25-17(13-30-34)24(31-14(3)20-9-10-21(29)35-20)32-23(33-25)15-11-18(26)22(28)19(27)12-15/h6-13H,3-5,29H2,1-2H3,(H,31,32,33)/b8-6-,16-7+. The largest absolute Gasteiger partial charge is 0.391 e. The summed E-state index contributed by atoms with van der Waals surface area (Å²) in [6.07, 6.45) is 9.08. The summed E-state index contributed by atoms with van der Waals surface area (Å²) < 4.78 is 43.2. The second kappa shape index (κ2) is 10.1. The summed E-state index contributed by atoms with van der Waals surface area (Å²) in [5.74, 6) is -3.90. The van der Waals surface area contributed by atoms with E-state index < -0.39 is 17.5 Å². The highest BCUT2D eigenvalue weighted by molar-refractivity contribution is 7.16. The normalized spacial score (nSPS) is 12.1. The van der Waals surface area contributed by atoms with E-state index in [9.17, 15) is 13.2 Å². The first-order valence-corrected chi connectivity index (χ1v) is 11.7. The van der Waals surface area contributed by atoms with Crippen LogP contribution in [0.4, 0.5) is 24.0 Å². The molecule has 0 spiro atoms. The number of nitrogens with one attached hydrogen (secondary N) is 1. The fourth-order valence-electron chi connectivity index (χ4n) is 3.40. The lowest BCUT2D eigenvalue weighted by Gasteiger charge is -2.12. The molecular formula is C25H23F3N6S. The molecule has 35 heavy (non-hydrogen) atoms. The number of fused-ring (bicyclic) bond motifs is 1. The van der Waals surface area contributed by atoms with Crippen molar-refractivity contribution in [2.75, 3.05) is 11.1 Å². The molecule has 4 aromatic rings. The van der Waals surface area contributed by atoms with Gasteiger partial charge < -0.3 is 11.1 Å². The molecule has 10 heteroatoms. The molecule has 0 saturated carbocycles. The van der Waals surface area contributed by atoms with Gasteiger partial charge in [-0.25, -0.2) is 27.8 Å². The number of allylic oxidation sites excluding steroid dienone is 4. The number of rotatable bonds is 8. The zero-order chi connectivity index (χ0) is 25.1. The van der Waals surface area contributed by atoms with E-state index in [1.54, 1.807) is 16.9 Å². The summed E-state index contributed by atoms with van der Waals surface area (Å²) in [4.78, 5) is 9.82. The maximum absolute atomic E-state index is 14.0. The minimum Gasteiger partial charge on any atom is -0.391 e. The molecule has 180 valence electrons. The molecule has 0 fully saturated rings. The van der Waals surface area contributed by atoms with Crippen LogP contribution in [0, 0.1) is 17.5 Å². The molecule has 6 nitrogen and oxygen atoms in total. The Hall–Kier alpha value is -3.92. The molecule has 4 rings (SSSR count). The third kappa shape index (κ3) is 4.97. The average molecular weight is 497 g/mol. The highest BCUT2D eigenvalue weighted by atomic mass is 32.1. The molecule has 0 aliphatic heterocycles. The molecule has 0 unspecified atom stereocenters. The maximum atomic E-state index is 14.0. The van der Waals surface area contributed by atoms with Crippen LogP contribution in [0.5, 0.6) is 0 Å². The summed E-state index contributed by atoms with van der Waals surface area (Å²) in [6.45, 7) is 8.08. The van der Waals surface area contributed by atoms with Gasteiger partial charge in [-0.05, 0) is 43.2 Å². The highest BCUT2D eigenvalue weighted by Crippen LogP contribution is 2.31. The van der Waals surface area contributed by atoms with Gasteiger partial charge in [-0.1, -0.05) is 32.6 Å². The molecule has 3 heterocycles. The SMILES string of the molecule is C=C(Nc1nc(-c2cc(F)c(F)c(F)c2)nc2c1cnn2C(/C=C\CC)=C/CC)c1ccc(N)s1. The van der Waals surface area contributed by atoms with E-state index in [2.05, 4.69) is 27.0 Å².